The molecule has 0 saturated heterocycles. The molecule has 0 spiro atoms. The zero-order valence-electron chi connectivity index (χ0n) is 16.6. The first-order valence-corrected chi connectivity index (χ1v) is 8.54. The topological polar surface area (TPSA) is 89.5 Å². The van der Waals surface area contributed by atoms with Crippen molar-refractivity contribution < 1.29 is 38.6 Å². The summed E-state index contributed by atoms with van der Waals surface area (Å²) in [6.07, 6.45) is -0.344. The molecule has 0 fully saturated rings. The minimum Gasteiger partial charge on any atom is -0.496 e. The molecule has 2 rings (SSSR count). The zero-order valence-corrected chi connectivity index (χ0v) is 16.6. The summed E-state index contributed by atoms with van der Waals surface area (Å²) in [5.74, 6) is -1.05. The van der Waals surface area contributed by atoms with Crippen LogP contribution in [0.3, 0.4) is 0 Å². The molecule has 0 heterocycles. The standard InChI is InChI=1S/C21H22O8/c1-21(2,3)20(28-26-18(22)14-10-6-8-12-16(14)24-4)29-27-19(23)15-11-7-9-13-17(15)25-5/h6-13H,1H2,2-5H3. The van der Waals surface area contributed by atoms with Gasteiger partial charge >= 0.3 is 18.2 Å². The van der Waals surface area contributed by atoms with Crippen molar-refractivity contribution in [2.75, 3.05) is 14.2 Å². The summed E-state index contributed by atoms with van der Waals surface area (Å²) in [6, 6.07) is 12.9. The molecule has 0 aliphatic heterocycles. The van der Waals surface area contributed by atoms with Gasteiger partial charge in [-0.2, -0.15) is 0 Å². The third-order valence-electron chi connectivity index (χ3n) is 3.59. The first-order valence-electron chi connectivity index (χ1n) is 8.54. The van der Waals surface area contributed by atoms with Gasteiger partial charge in [-0.3, -0.25) is 9.78 Å². The number of hydrogen-bond acceptors (Lipinski definition) is 8. The summed E-state index contributed by atoms with van der Waals surface area (Å²) in [5.41, 5.74) is -0.744. The van der Waals surface area contributed by atoms with Crippen LogP contribution in [0.2, 0.25) is 0 Å². The van der Waals surface area contributed by atoms with E-state index in [0.717, 1.165) is 0 Å². The van der Waals surface area contributed by atoms with Crippen LogP contribution in [0.1, 0.15) is 34.6 Å². The molecular weight excluding hydrogens is 380 g/mol. The van der Waals surface area contributed by atoms with Gasteiger partial charge in [-0.25, -0.2) is 9.59 Å². The van der Waals surface area contributed by atoms with E-state index in [4.69, 9.17) is 29.0 Å². The average molecular weight is 402 g/mol. The van der Waals surface area contributed by atoms with Crippen LogP contribution in [0.15, 0.2) is 48.5 Å². The second-order valence-electron chi connectivity index (χ2n) is 6.48. The smallest absolute Gasteiger partial charge is 0.376 e. The van der Waals surface area contributed by atoms with Gasteiger partial charge in [0.2, 0.25) is 0 Å². The second kappa shape index (κ2) is 9.90. The van der Waals surface area contributed by atoms with Gasteiger partial charge in [-0.05, 0) is 31.2 Å². The number of hydrogen-bond donors (Lipinski definition) is 0. The molecule has 2 aromatic carbocycles. The molecule has 29 heavy (non-hydrogen) atoms. The van der Waals surface area contributed by atoms with Gasteiger partial charge in [0.05, 0.1) is 14.2 Å². The quantitative estimate of drug-likeness (QED) is 0.460. The summed E-state index contributed by atoms with van der Waals surface area (Å²) >= 11 is 0. The number of ether oxygens (including phenoxy) is 2. The van der Waals surface area contributed by atoms with Crippen LogP contribution in [0.25, 0.3) is 0 Å². The Morgan fingerprint density at radius 3 is 1.45 bits per heavy atom. The molecule has 0 unspecified atom stereocenters. The molecule has 2 aromatic rings. The van der Waals surface area contributed by atoms with Crippen molar-refractivity contribution in [3.63, 3.8) is 0 Å². The van der Waals surface area contributed by atoms with Gasteiger partial charge in [-0.1, -0.05) is 38.1 Å². The number of methoxy groups -OCH3 is 2. The first kappa shape index (κ1) is 22.2. The normalized spacial score (nSPS) is 11.1. The Bertz CT molecular complexity index is 777. The molecule has 0 saturated carbocycles. The maximum Gasteiger partial charge on any atom is 0.376 e. The largest absolute Gasteiger partial charge is 0.496 e. The predicted molar refractivity (Wildman–Crippen MR) is 101 cm³/mol. The molecule has 8 heteroatoms. The third kappa shape index (κ3) is 5.94. The minimum atomic E-state index is -1.03. The summed E-state index contributed by atoms with van der Waals surface area (Å²) in [5, 5.41) is 0. The molecule has 0 amide bonds. The molecule has 8 nitrogen and oxygen atoms in total. The van der Waals surface area contributed by atoms with Gasteiger partial charge in [0.15, 0.2) is 0 Å². The fourth-order valence-electron chi connectivity index (χ4n) is 2.11. The van der Waals surface area contributed by atoms with Gasteiger partial charge in [0.25, 0.3) is 0 Å². The summed E-state index contributed by atoms with van der Waals surface area (Å²) in [7, 11) is 2.84. The average Bonchev–Trinajstić information content (AvgIpc) is 2.72. The highest BCUT2D eigenvalue weighted by Gasteiger charge is 2.35. The Morgan fingerprint density at radius 2 is 1.10 bits per heavy atom. The van der Waals surface area contributed by atoms with Crippen LogP contribution in [0.4, 0.5) is 0 Å². The highest BCUT2D eigenvalue weighted by Crippen LogP contribution is 2.31. The van der Waals surface area contributed by atoms with Crippen LogP contribution < -0.4 is 9.47 Å². The lowest BCUT2D eigenvalue weighted by Gasteiger charge is -2.24. The molecule has 0 aliphatic carbocycles. The van der Waals surface area contributed by atoms with E-state index in [9.17, 15) is 9.59 Å². The van der Waals surface area contributed by atoms with Crippen molar-refractivity contribution in [1.82, 2.24) is 0 Å². The highest BCUT2D eigenvalue weighted by molar-refractivity contribution is 5.92. The summed E-state index contributed by atoms with van der Waals surface area (Å²) < 4.78 is 10.2. The van der Waals surface area contributed by atoms with Crippen LogP contribution >= 0.6 is 0 Å². The van der Waals surface area contributed by atoms with E-state index in [1.807, 2.05) is 0 Å². The first-order chi connectivity index (χ1) is 13.8. The Morgan fingerprint density at radius 1 is 0.724 bits per heavy atom. The Hall–Kier alpha value is -3.10. The summed E-state index contributed by atoms with van der Waals surface area (Å²) in [6.45, 7) is 7.04. The van der Waals surface area contributed by atoms with Crippen LogP contribution in [0, 0.1) is 18.6 Å². The third-order valence-corrected chi connectivity index (χ3v) is 3.59. The van der Waals surface area contributed by atoms with Crippen molar-refractivity contribution in [2.24, 2.45) is 5.41 Å². The van der Waals surface area contributed by atoms with Gasteiger partial charge in [0, 0.05) is 5.41 Å². The van der Waals surface area contributed by atoms with Gasteiger partial charge < -0.3 is 9.47 Å². The molecule has 154 valence electrons. The van der Waals surface area contributed by atoms with Crippen LogP contribution in [-0.2, 0) is 19.6 Å². The molecule has 2 radical (unpaired) electrons. The molecule has 0 aromatic heterocycles. The monoisotopic (exact) mass is 402 g/mol. The van der Waals surface area contributed by atoms with Gasteiger partial charge in [-0.15, -0.1) is 9.78 Å². The Balaban J connectivity index is 2.03. The van der Waals surface area contributed by atoms with Crippen LogP contribution in [-0.4, -0.2) is 26.2 Å². The number of carbonyl (C=O) groups is 2. The van der Waals surface area contributed by atoms with Crippen molar-refractivity contribution in [2.45, 2.75) is 13.8 Å². The fraction of sp³-hybridized carbons (Fsp3) is 0.238. The van der Waals surface area contributed by atoms with E-state index in [-0.39, 0.29) is 17.4 Å². The number of para-hydroxylation sites is 2. The lowest BCUT2D eigenvalue weighted by molar-refractivity contribution is -0.378. The van der Waals surface area contributed by atoms with E-state index in [0.29, 0.717) is 11.5 Å². The minimum absolute atomic E-state index is 0.141. The second-order valence-corrected chi connectivity index (χ2v) is 6.48. The number of benzene rings is 2. The number of rotatable bonds is 9. The maximum absolute atomic E-state index is 12.3. The van der Waals surface area contributed by atoms with E-state index in [1.54, 1.807) is 50.2 Å². The predicted octanol–water partition coefficient (Wildman–Crippen LogP) is 3.93. The zero-order chi connectivity index (χ0) is 21.4. The SMILES string of the molecule is [CH2]C(C)(C)[C](OOC(=O)c1ccccc1OC)OOC(=O)c1ccccc1OC. The van der Waals surface area contributed by atoms with Crippen molar-refractivity contribution in [1.29, 1.82) is 0 Å². The van der Waals surface area contributed by atoms with Crippen molar-refractivity contribution in [3.8, 4) is 11.5 Å². The van der Waals surface area contributed by atoms with Crippen LogP contribution in [0.5, 0.6) is 11.5 Å². The van der Waals surface area contributed by atoms with E-state index in [1.165, 1.54) is 26.4 Å². The lowest BCUT2D eigenvalue weighted by Crippen LogP contribution is -2.27. The lowest BCUT2D eigenvalue weighted by atomic mass is 9.96. The summed E-state index contributed by atoms with van der Waals surface area (Å²) in [4.78, 5) is 44.1. The highest BCUT2D eigenvalue weighted by atomic mass is 17.3. The molecule has 0 bridgehead atoms. The van der Waals surface area contributed by atoms with E-state index < -0.39 is 17.4 Å². The Kier molecular flexibility index (Phi) is 7.58. The molecule has 0 aliphatic rings. The molecular formula is C21H22O8. The molecule has 0 atom stereocenters. The maximum atomic E-state index is 12.3. The number of carbonyl (C=O) groups excluding carboxylic acids is 2. The van der Waals surface area contributed by atoms with Gasteiger partial charge in [0.1, 0.15) is 22.6 Å². The Labute approximate surface area is 169 Å². The van der Waals surface area contributed by atoms with Crippen molar-refractivity contribution >= 4 is 11.9 Å². The fourth-order valence-corrected chi connectivity index (χ4v) is 2.11. The van der Waals surface area contributed by atoms with E-state index in [2.05, 4.69) is 6.92 Å². The van der Waals surface area contributed by atoms with E-state index >= 15 is 0 Å². The van der Waals surface area contributed by atoms with Crippen molar-refractivity contribution in [3.05, 3.63) is 72.9 Å². The molecule has 0 N–H and O–H groups in total.